The van der Waals surface area contributed by atoms with Crippen LogP contribution in [0, 0.1) is 5.82 Å². The maximum absolute atomic E-state index is 13.5. The number of nitrogens with zero attached hydrogens (tertiary/aromatic N) is 3. The molecule has 1 saturated heterocycles. The summed E-state index contributed by atoms with van der Waals surface area (Å²) in [5, 5.41) is 6.60. The number of carbonyl (C=O) groups is 1. The summed E-state index contributed by atoms with van der Waals surface area (Å²) in [6.45, 7) is 0.963. The number of likely N-dealkylation sites (tertiary alicyclic amines) is 1. The number of carbonyl (C=O) groups excluding carboxylic acids is 1. The Balaban J connectivity index is 1.54. The van der Waals surface area contributed by atoms with E-state index in [1.165, 1.54) is 25.2 Å². The minimum Gasteiger partial charge on any atom is -0.489 e. The van der Waals surface area contributed by atoms with Crippen LogP contribution >= 0.6 is 11.6 Å². The zero-order valence-corrected chi connectivity index (χ0v) is 14.9. The highest BCUT2D eigenvalue weighted by Gasteiger charge is 2.25. The molecule has 0 saturated carbocycles. The minimum absolute atomic E-state index is 0.0339. The van der Waals surface area contributed by atoms with E-state index in [0.717, 1.165) is 4.68 Å². The molecule has 9 heteroatoms. The fraction of sp³-hybridized carbons (Fsp3) is 0.353. The Morgan fingerprint density at radius 3 is 2.73 bits per heavy atom. The number of hydrogen-bond acceptors (Lipinski definition) is 4. The van der Waals surface area contributed by atoms with Crippen LogP contribution in [0.3, 0.4) is 0 Å². The number of aryl methyl sites for hydroxylation is 1. The van der Waals surface area contributed by atoms with E-state index >= 15 is 0 Å². The third kappa shape index (κ3) is 4.13. The van der Waals surface area contributed by atoms with Crippen LogP contribution in [0.25, 0.3) is 0 Å². The molecule has 3 rings (SSSR count). The normalized spacial score (nSPS) is 15.0. The van der Waals surface area contributed by atoms with Crippen molar-refractivity contribution in [3.8, 4) is 5.75 Å². The number of nitrogens with one attached hydrogen (secondary N) is 1. The molecule has 2 heterocycles. The van der Waals surface area contributed by atoms with Gasteiger partial charge < -0.3 is 9.64 Å². The molecule has 2 amide bonds. The number of ether oxygens (including phenoxy) is 1. The van der Waals surface area contributed by atoms with E-state index in [1.807, 2.05) is 0 Å². The van der Waals surface area contributed by atoms with E-state index in [-0.39, 0.29) is 22.7 Å². The number of halogens is 2. The second-order valence-electron chi connectivity index (χ2n) is 5.97. The Bertz CT molecular complexity index is 865. The van der Waals surface area contributed by atoms with Crippen LogP contribution in [-0.4, -0.2) is 39.9 Å². The maximum Gasteiger partial charge on any atom is 0.323 e. The quantitative estimate of drug-likeness (QED) is 0.888. The lowest BCUT2D eigenvalue weighted by molar-refractivity contribution is 0.115. The number of piperidine rings is 1. The molecule has 1 aromatic carbocycles. The first-order chi connectivity index (χ1) is 12.4. The van der Waals surface area contributed by atoms with Gasteiger partial charge in [-0.2, -0.15) is 5.10 Å². The van der Waals surface area contributed by atoms with Crippen LogP contribution in [0.4, 0.5) is 15.0 Å². The van der Waals surface area contributed by atoms with Gasteiger partial charge in [0.1, 0.15) is 22.7 Å². The van der Waals surface area contributed by atoms with Crippen LogP contribution in [-0.2, 0) is 7.05 Å². The SMILES string of the molecule is Cn1nc(NC(=O)N2CCC(Oc3cccc(F)c3Cl)CC2)ccc1=O. The van der Waals surface area contributed by atoms with Gasteiger partial charge in [-0.15, -0.1) is 0 Å². The maximum atomic E-state index is 13.5. The zero-order chi connectivity index (χ0) is 18.7. The van der Waals surface area contributed by atoms with Crippen LogP contribution in [0.2, 0.25) is 5.02 Å². The average molecular weight is 381 g/mol. The van der Waals surface area contributed by atoms with Gasteiger partial charge in [0.15, 0.2) is 5.82 Å². The molecular formula is C17H18ClFN4O3. The van der Waals surface area contributed by atoms with Gasteiger partial charge in [-0.1, -0.05) is 17.7 Å². The number of aromatic nitrogens is 2. The standard InChI is InChI=1S/C17H18ClFN4O3/c1-22-15(24)6-5-14(21-22)20-17(25)23-9-7-11(8-10-23)26-13-4-2-3-12(19)16(13)18/h2-6,11H,7-10H2,1H3,(H,20,21,25). The van der Waals surface area contributed by atoms with E-state index in [0.29, 0.717) is 37.5 Å². The van der Waals surface area contributed by atoms with Crippen molar-refractivity contribution in [2.75, 3.05) is 18.4 Å². The average Bonchev–Trinajstić information content (AvgIpc) is 2.63. The molecule has 7 nitrogen and oxygen atoms in total. The molecule has 2 aromatic rings. The van der Waals surface area contributed by atoms with E-state index in [1.54, 1.807) is 17.0 Å². The molecule has 1 aromatic heterocycles. The summed E-state index contributed by atoms with van der Waals surface area (Å²) in [5.41, 5.74) is -0.253. The van der Waals surface area contributed by atoms with Crippen molar-refractivity contribution in [2.24, 2.45) is 7.05 Å². The molecule has 1 fully saturated rings. The summed E-state index contributed by atoms with van der Waals surface area (Å²) in [6, 6.07) is 6.94. The van der Waals surface area contributed by atoms with E-state index in [4.69, 9.17) is 16.3 Å². The van der Waals surface area contributed by atoms with Gasteiger partial charge in [-0.05, 0) is 18.2 Å². The van der Waals surface area contributed by atoms with E-state index in [9.17, 15) is 14.0 Å². The molecule has 0 radical (unpaired) electrons. The molecule has 0 spiro atoms. The monoisotopic (exact) mass is 380 g/mol. The van der Waals surface area contributed by atoms with Crippen molar-refractivity contribution >= 4 is 23.4 Å². The fourth-order valence-corrected chi connectivity index (χ4v) is 2.86. The van der Waals surface area contributed by atoms with Crippen LogP contribution in [0.5, 0.6) is 5.75 Å². The van der Waals surface area contributed by atoms with E-state index in [2.05, 4.69) is 10.4 Å². The molecule has 1 aliphatic rings. The van der Waals surface area contributed by atoms with Crippen molar-refractivity contribution in [2.45, 2.75) is 18.9 Å². The van der Waals surface area contributed by atoms with Gasteiger partial charge in [0.25, 0.3) is 5.56 Å². The molecule has 0 bridgehead atoms. The molecule has 0 atom stereocenters. The Kier molecular flexibility index (Phi) is 5.41. The van der Waals surface area contributed by atoms with E-state index < -0.39 is 5.82 Å². The molecular weight excluding hydrogens is 363 g/mol. The molecule has 1 aliphatic heterocycles. The van der Waals surface area contributed by atoms with Gasteiger partial charge in [0, 0.05) is 39.0 Å². The number of amides is 2. The Morgan fingerprint density at radius 2 is 2.04 bits per heavy atom. The smallest absolute Gasteiger partial charge is 0.323 e. The summed E-state index contributed by atoms with van der Waals surface area (Å²) in [6.07, 6.45) is 1.05. The number of benzene rings is 1. The lowest BCUT2D eigenvalue weighted by Crippen LogP contribution is -2.44. The molecule has 138 valence electrons. The molecule has 1 N–H and O–H groups in total. The predicted molar refractivity (Wildman–Crippen MR) is 95.1 cm³/mol. The van der Waals surface area contributed by atoms with Crippen LogP contribution in [0.1, 0.15) is 12.8 Å². The summed E-state index contributed by atoms with van der Waals surface area (Å²) in [7, 11) is 1.51. The number of anilines is 1. The number of rotatable bonds is 3. The Morgan fingerprint density at radius 1 is 1.31 bits per heavy atom. The van der Waals surface area contributed by atoms with Crippen molar-refractivity contribution in [3.63, 3.8) is 0 Å². The summed E-state index contributed by atoms with van der Waals surface area (Å²) in [4.78, 5) is 25.3. The Hall–Kier alpha value is -2.61. The highest BCUT2D eigenvalue weighted by Crippen LogP contribution is 2.29. The molecule has 0 aliphatic carbocycles. The summed E-state index contributed by atoms with van der Waals surface area (Å²) >= 11 is 5.90. The first-order valence-corrected chi connectivity index (χ1v) is 8.53. The van der Waals surface area contributed by atoms with Crippen molar-refractivity contribution in [1.82, 2.24) is 14.7 Å². The predicted octanol–water partition coefficient (Wildman–Crippen LogP) is 2.65. The van der Waals surface area contributed by atoms with Crippen molar-refractivity contribution in [3.05, 3.63) is 51.5 Å². The van der Waals surface area contributed by atoms with Gasteiger partial charge in [-0.3, -0.25) is 10.1 Å². The lowest BCUT2D eigenvalue weighted by atomic mass is 10.1. The second kappa shape index (κ2) is 7.74. The fourth-order valence-electron chi connectivity index (χ4n) is 2.69. The summed E-state index contributed by atoms with van der Waals surface area (Å²) in [5.74, 6) is 0.0942. The second-order valence-corrected chi connectivity index (χ2v) is 6.34. The Labute approximate surface area is 154 Å². The third-order valence-corrected chi connectivity index (χ3v) is 4.50. The first-order valence-electron chi connectivity index (χ1n) is 8.15. The first kappa shape index (κ1) is 18.2. The van der Waals surface area contributed by atoms with Crippen LogP contribution in [0.15, 0.2) is 35.1 Å². The van der Waals surface area contributed by atoms with Gasteiger partial charge >= 0.3 is 6.03 Å². The van der Waals surface area contributed by atoms with Crippen LogP contribution < -0.4 is 15.6 Å². The van der Waals surface area contributed by atoms with Gasteiger partial charge in [0.2, 0.25) is 0 Å². The zero-order valence-electron chi connectivity index (χ0n) is 14.1. The molecule has 26 heavy (non-hydrogen) atoms. The summed E-state index contributed by atoms with van der Waals surface area (Å²) < 4.78 is 20.4. The van der Waals surface area contributed by atoms with Crippen molar-refractivity contribution < 1.29 is 13.9 Å². The third-order valence-electron chi connectivity index (χ3n) is 4.13. The number of hydrogen-bond donors (Lipinski definition) is 1. The minimum atomic E-state index is -0.522. The van der Waals surface area contributed by atoms with Gasteiger partial charge in [0.05, 0.1) is 0 Å². The topological polar surface area (TPSA) is 76.5 Å². The largest absolute Gasteiger partial charge is 0.489 e. The van der Waals surface area contributed by atoms with Crippen molar-refractivity contribution in [1.29, 1.82) is 0 Å². The lowest BCUT2D eigenvalue weighted by Gasteiger charge is -2.32. The molecule has 0 unspecified atom stereocenters. The highest BCUT2D eigenvalue weighted by atomic mass is 35.5. The number of urea groups is 1. The highest BCUT2D eigenvalue weighted by molar-refractivity contribution is 6.32. The van der Waals surface area contributed by atoms with Gasteiger partial charge in [-0.25, -0.2) is 13.9 Å².